The lowest BCUT2D eigenvalue weighted by Gasteiger charge is -2.28. The number of tetrazole rings is 1. The van der Waals surface area contributed by atoms with E-state index in [1.165, 1.54) is 0 Å². The van der Waals surface area contributed by atoms with Gasteiger partial charge in [-0.15, -0.1) is 22.6 Å². The number of nitrogens with two attached hydrogens (primary N) is 1. The van der Waals surface area contributed by atoms with Gasteiger partial charge in [0.05, 0.1) is 0 Å². The summed E-state index contributed by atoms with van der Waals surface area (Å²) >= 11 is 0. The first-order valence-corrected chi connectivity index (χ1v) is 17.6. The quantitative estimate of drug-likeness (QED) is 0.117. The van der Waals surface area contributed by atoms with Gasteiger partial charge in [0.1, 0.15) is 6.04 Å². The van der Waals surface area contributed by atoms with Crippen LogP contribution in [0.5, 0.6) is 0 Å². The van der Waals surface area contributed by atoms with Crippen molar-refractivity contribution in [1.29, 1.82) is 0 Å². The van der Waals surface area contributed by atoms with Crippen LogP contribution in [0.2, 0.25) is 0 Å². The van der Waals surface area contributed by atoms with E-state index in [1.807, 2.05) is 49.4 Å². The zero-order chi connectivity index (χ0) is 35.5. The number of nitrogens with one attached hydrogen (secondary N) is 4. The van der Waals surface area contributed by atoms with Gasteiger partial charge in [0.15, 0.2) is 0 Å². The molecule has 51 heavy (non-hydrogen) atoms. The Balaban J connectivity index is 0.00000583. The van der Waals surface area contributed by atoms with Crippen LogP contribution >= 0.6 is 12.4 Å². The van der Waals surface area contributed by atoms with Crippen molar-refractivity contribution in [1.82, 2.24) is 36.2 Å². The van der Waals surface area contributed by atoms with Crippen LogP contribution in [0.3, 0.4) is 0 Å². The average Bonchev–Trinajstić information content (AvgIpc) is 3.69. The molecule has 0 saturated heterocycles. The molecule has 1 atom stereocenters. The minimum Gasteiger partial charge on any atom is -0.351 e. The number of hydrogen-bond acceptors (Lipinski definition) is 8. The van der Waals surface area contributed by atoms with Crippen molar-refractivity contribution in [3.63, 3.8) is 0 Å². The first kappa shape index (κ1) is 39.1. The van der Waals surface area contributed by atoms with Crippen molar-refractivity contribution in [3.8, 4) is 22.5 Å². The zero-order valence-electron chi connectivity index (χ0n) is 29.7. The Hall–Kier alpha value is -4.65. The van der Waals surface area contributed by atoms with Crippen LogP contribution in [0.15, 0.2) is 66.7 Å². The number of hydrogen-bond donors (Lipinski definition) is 5. The Kier molecular flexibility index (Phi) is 14.7. The summed E-state index contributed by atoms with van der Waals surface area (Å²) in [6.07, 6.45) is 3.67. The molecule has 1 aliphatic carbocycles. The van der Waals surface area contributed by atoms with Crippen molar-refractivity contribution < 1.29 is 14.4 Å². The van der Waals surface area contributed by atoms with Gasteiger partial charge in [-0.1, -0.05) is 44.2 Å². The summed E-state index contributed by atoms with van der Waals surface area (Å²) in [7, 11) is 0. The maximum absolute atomic E-state index is 13.7. The number of aromatic amines is 1. The fourth-order valence-electron chi connectivity index (χ4n) is 6.48. The second-order valence-corrected chi connectivity index (χ2v) is 13.0. The summed E-state index contributed by atoms with van der Waals surface area (Å²) in [6.45, 7) is 10.2. The summed E-state index contributed by atoms with van der Waals surface area (Å²) in [4.78, 5) is 42.4. The van der Waals surface area contributed by atoms with Crippen LogP contribution in [0.25, 0.3) is 22.5 Å². The van der Waals surface area contributed by atoms with Gasteiger partial charge in [-0.25, -0.2) is 0 Å². The molecule has 0 radical (unpaired) electrons. The summed E-state index contributed by atoms with van der Waals surface area (Å²) in [5.41, 5.74) is 11.7. The number of carbonyl (C=O) groups is 3. The second-order valence-electron chi connectivity index (χ2n) is 13.0. The molecule has 272 valence electrons. The average molecular weight is 716 g/mol. The molecule has 13 heteroatoms. The molecule has 1 saturated carbocycles. The van der Waals surface area contributed by atoms with Crippen molar-refractivity contribution in [2.75, 3.05) is 38.0 Å². The van der Waals surface area contributed by atoms with Gasteiger partial charge in [0, 0.05) is 42.2 Å². The van der Waals surface area contributed by atoms with Gasteiger partial charge in [-0.3, -0.25) is 14.4 Å². The lowest BCUT2D eigenvalue weighted by molar-refractivity contribution is -0.130. The van der Waals surface area contributed by atoms with Gasteiger partial charge < -0.3 is 26.6 Å². The van der Waals surface area contributed by atoms with Gasteiger partial charge in [-0.2, -0.15) is 5.21 Å². The first-order valence-electron chi connectivity index (χ1n) is 17.6. The van der Waals surface area contributed by atoms with Crippen LogP contribution in [-0.4, -0.2) is 82.0 Å². The minimum atomic E-state index is -0.789. The molecule has 1 heterocycles. The highest BCUT2D eigenvalue weighted by atomic mass is 35.5. The topological polar surface area (TPSA) is 171 Å². The van der Waals surface area contributed by atoms with E-state index in [-0.39, 0.29) is 36.0 Å². The highest BCUT2D eigenvalue weighted by Crippen LogP contribution is 2.29. The Morgan fingerprint density at radius 2 is 1.63 bits per heavy atom. The standard InChI is InChI=1S/C38H49N9O3.ClH/c1-4-47(5-2)21-20-40-36(48)31-11-6-25(3)33(23-31)28-12-7-26(8-13-28)22-34(42-37(49)30-14-9-27(24-39)10-15-30)38(50)41-32-18-16-29(17-19-32)35-43-45-46-44-35;/h6-8,11-13,16-19,23,27,30,34H,4-5,9-10,14-15,20-22,24,39H2,1-3H3,(H,40,48)(H,41,50)(H,42,49)(H,43,44,45,46);1H/t27-,30-,34-;/m0./s1. The van der Waals surface area contributed by atoms with Gasteiger partial charge >= 0.3 is 0 Å². The largest absolute Gasteiger partial charge is 0.351 e. The number of rotatable bonds is 15. The monoisotopic (exact) mass is 715 g/mol. The van der Waals surface area contributed by atoms with Crippen LogP contribution in [-0.2, 0) is 16.0 Å². The van der Waals surface area contributed by atoms with E-state index >= 15 is 0 Å². The predicted molar refractivity (Wildman–Crippen MR) is 202 cm³/mol. The van der Waals surface area contributed by atoms with E-state index in [9.17, 15) is 14.4 Å². The molecule has 0 aliphatic heterocycles. The summed E-state index contributed by atoms with van der Waals surface area (Å²) in [5, 5.41) is 23.1. The lowest BCUT2D eigenvalue weighted by Crippen LogP contribution is -2.48. The fourth-order valence-corrected chi connectivity index (χ4v) is 6.48. The molecule has 3 amide bonds. The van der Waals surface area contributed by atoms with Crippen LogP contribution in [0.4, 0.5) is 5.69 Å². The highest BCUT2D eigenvalue weighted by molar-refractivity contribution is 5.98. The molecule has 4 aromatic rings. The third kappa shape index (κ3) is 10.7. The first-order chi connectivity index (χ1) is 24.3. The molecule has 0 bridgehead atoms. The molecular weight excluding hydrogens is 666 g/mol. The van der Waals surface area contributed by atoms with Gasteiger partial charge in [-0.05, 0) is 122 Å². The van der Waals surface area contributed by atoms with E-state index in [0.717, 1.165) is 73.1 Å². The number of carbonyl (C=O) groups excluding carboxylic acids is 3. The van der Waals surface area contributed by atoms with Gasteiger partial charge in [0.25, 0.3) is 5.91 Å². The van der Waals surface area contributed by atoms with Crippen LogP contribution in [0, 0.1) is 18.8 Å². The van der Waals surface area contributed by atoms with Crippen molar-refractivity contribution in [2.24, 2.45) is 17.6 Å². The fraction of sp³-hybridized carbons (Fsp3) is 0.421. The molecule has 6 N–H and O–H groups in total. The number of likely N-dealkylation sites (N-methyl/N-ethyl adjacent to an activating group) is 1. The zero-order valence-corrected chi connectivity index (χ0v) is 30.5. The Bertz CT molecular complexity index is 1700. The predicted octanol–water partition coefficient (Wildman–Crippen LogP) is 4.77. The molecule has 3 aromatic carbocycles. The minimum absolute atomic E-state index is 0. The molecule has 1 aliphatic rings. The molecule has 1 aromatic heterocycles. The Morgan fingerprint density at radius 3 is 2.25 bits per heavy atom. The van der Waals surface area contributed by atoms with Crippen molar-refractivity contribution in [3.05, 3.63) is 83.4 Å². The molecule has 0 unspecified atom stereocenters. The van der Waals surface area contributed by atoms with Crippen molar-refractivity contribution in [2.45, 2.75) is 58.9 Å². The highest BCUT2D eigenvalue weighted by Gasteiger charge is 2.29. The molecule has 12 nitrogen and oxygen atoms in total. The number of aryl methyl sites for hydroxylation is 1. The Labute approximate surface area is 306 Å². The summed E-state index contributed by atoms with van der Waals surface area (Å²) < 4.78 is 0. The van der Waals surface area contributed by atoms with E-state index in [0.29, 0.717) is 42.5 Å². The normalized spacial score (nSPS) is 16.2. The lowest BCUT2D eigenvalue weighted by atomic mass is 9.81. The maximum atomic E-state index is 13.7. The van der Waals surface area contributed by atoms with E-state index in [2.05, 4.69) is 55.3 Å². The van der Waals surface area contributed by atoms with E-state index in [4.69, 9.17) is 5.73 Å². The van der Waals surface area contributed by atoms with Crippen molar-refractivity contribution >= 4 is 35.8 Å². The maximum Gasteiger partial charge on any atom is 0.251 e. The number of anilines is 1. The third-order valence-electron chi connectivity index (χ3n) is 9.75. The number of aromatic nitrogens is 4. The Morgan fingerprint density at radius 1 is 0.941 bits per heavy atom. The van der Waals surface area contributed by atoms with E-state index in [1.54, 1.807) is 24.3 Å². The number of nitrogens with zero attached hydrogens (tertiary/aromatic N) is 4. The number of benzene rings is 3. The second kappa shape index (κ2) is 19.1. The van der Waals surface area contributed by atoms with Gasteiger partial charge in [0.2, 0.25) is 17.6 Å². The third-order valence-corrected chi connectivity index (χ3v) is 9.75. The molecule has 1 fully saturated rings. The number of halogens is 1. The smallest absolute Gasteiger partial charge is 0.251 e. The summed E-state index contributed by atoms with van der Waals surface area (Å²) in [5.74, 6) is 0.253. The summed E-state index contributed by atoms with van der Waals surface area (Å²) in [6, 6.07) is 20.1. The molecular formula is C38H50ClN9O3. The molecule has 0 spiro atoms. The van der Waals surface area contributed by atoms with E-state index < -0.39 is 6.04 Å². The van der Waals surface area contributed by atoms with Crippen LogP contribution < -0.4 is 21.7 Å². The molecule has 5 rings (SSSR count). The SMILES string of the molecule is CCN(CC)CCNC(=O)c1ccc(C)c(-c2ccc(C[C@H](NC(=O)[C@H]3CC[C@H](CN)CC3)C(=O)Nc3ccc(-c4nn[nH]n4)cc3)cc2)c1.Cl. The number of H-pyrrole nitrogens is 1. The van der Waals surface area contributed by atoms with Crippen LogP contribution in [0.1, 0.15) is 61.0 Å². The number of amides is 3.